The van der Waals surface area contributed by atoms with E-state index in [1.807, 2.05) is 44.2 Å². The van der Waals surface area contributed by atoms with E-state index in [2.05, 4.69) is 16.2 Å². The second kappa shape index (κ2) is 14.1. The van der Waals surface area contributed by atoms with E-state index in [0.717, 1.165) is 29.8 Å². The molecule has 4 amide bonds. The number of hydrogen-bond acceptors (Lipinski definition) is 7. The first kappa shape index (κ1) is 27.8. The number of piperazine rings is 1. The summed E-state index contributed by atoms with van der Waals surface area (Å²) in [7, 11) is 0. The fourth-order valence-corrected chi connectivity index (χ4v) is 4.54. The highest BCUT2D eigenvalue weighted by molar-refractivity contribution is 6.01. The molecule has 2 aliphatic rings. The number of nitrogens with zero attached hydrogens (tertiary/aromatic N) is 1. The first-order valence-electron chi connectivity index (χ1n) is 12.8. The molecule has 2 aliphatic heterocycles. The van der Waals surface area contributed by atoms with Gasteiger partial charge in [-0.25, -0.2) is 10.3 Å². The summed E-state index contributed by atoms with van der Waals surface area (Å²) in [5.74, 6) is -3.38. The summed E-state index contributed by atoms with van der Waals surface area (Å²) in [4.78, 5) is 56.7. The number of aryl methyl sites for hydroxylation is 1. The SMILES string of the molecule is CC(C)C[C@@H](C(=O)NN1C(=O)CNCC1=O)[C@H](CCCc1ccccc1)C(=O)NOC1CCCCO1. The minimum absolute atomic E-state index is 0.0446. The number of hydrogen-bond donors (Lipinski definition) is 3. The van der Waals surface area contributed by atoms with Gasteiger partial charge in [0, 0.05) is 13.0 Å². The Labute approximate surface area is 212 Å². The van der Waals surface area contributed by atoms with Crippen molar-refractivity contribution in [2.75, 3.05) is 19.7 Å². The van der Waals surface area contributed by atoms with Gasteiger partial charge in [0.25, 0.3) is 11.8 Å². The Bertz CT molecular complexity index is 872. The van der Waals surface area contributed by atoms with Crippen LogP contribution in [0.15, 0.2) is 30.3 Å². The van der Waals surface area contributed by atoms with E-state index in [1.54, 1.807) is 0 Å². The van der Waals surface area contributed by atoms with Gasteiger partial charge in [-0.1, -0.05) is 44.2 Å². The molecule has 36 heavy (non-hydrogen) atoms. The number of hydroxylamine groups is 1. The molecule has 0 aliphatic carbocycles. The van der Waals surface area contributed by atoms with E-state index in [-0.39, 0.29) is 19.0 Å². The standard InChI is InChI=1S/C26H38N4O6/c1-18(2)15-21(25(33)28-30-22(31)16-27-17-23(30)32)20(12-8-11-19-9-4-3-5-10-19)26(34)29-36-24-13-6-7-14-35-24/h3-5,9-10,18,20-21,24,27H,6-8,11-17H2,1-2H3,(H,28,33)(H,29,34)/t20-,21+,24?/m0/s1. The highest BCUT2D eigenvalue weighted by Crippen LogP contribution is 2.27. The minimum atomic E-state index is -0.757. The summed E-state index contributed by atoms with van der Waals surface area (Å²) in [6, 6.07) is 9.94. The van der Waals surface area contributed by atoms with Gasteiger partial charge in [-0.15, -0.1) is 0 Å². The van der Waals surface area contributed by atoms with Crippen LogP contribution in [0.25, 0.3) is 0 Å². The molecule has 3 rings (SSSR count). The van der Waals surface area contributed by atoms with Gasteiger partial charge in [-0.2, -0.15) is 5.01 Å². The normalized spacial score (nSPS) is 20.2. The number of amides is 4. The van der Waals surface area contributed by atoms with Crippen LogP contribution in [0, 0.1) is 17.8 Å². The number of nitrogens with one attached hydrogen (secondary N) is 3. The molecule has 3 N–H and O–H groups in total. The summed E-state index contributed by atoms with van der Waals surface area (Å²) in [6.07, 6.45) is 4.34. The molecule has 1 aromatic rings. The summed E-state index contributed by atoms with van der Waals surface area (Å²) < 4.78 is 5.54. The van der Waals surface area contributed by atoms with Gasteiger partial charge in [-0.05, 0) is 50.0 Å². The van der Waals surface area contributed by atoms with Gasteiger partial charge in [0.1, 0.15) is 0 Å². The number of hydrazine groups is 1. The number of carbonyl (C=O) groups is 4. The van der Waals surface area contributed by atoms with Crippen molar-refractivity contribution in [2.24, 2.45) is 17.8 Å². The summed E-state index contributed by atoms with van der Waals surface area (Å²) in [5, 5.41) is 3.46. The zero-order chi connectivity index (χ0) is 25.9. The quantitative estimate of drug-likeness (QED) is 0.294. The third-order valence-corrected chi connectivity index (χ3v) is 6.41. The Morgan fingerprint density at radius 1 is 1.08 bits per heavy atom. The predicted molar refractivity (Wildman–Crippen MR) is 131 cm³/mol. The Balaban J connectivity index is 1.73. The molecule has 198 valence electrons. The van der Waals surface area contributed by atoms with Crippen molar-refractivity contribution in [1.82, 2.24) is 21.2 Å². The Hall–Kier alpha value is -2.82. The molecule has 3 atom stereocenters. The lowest BCUT2D eigenvalue weighted by molar-refractivity contribution is -0.203. The lowest BCUT2D eigenvalue weighted by atomic mass is 9.81. The average Bonchev–Trinajstić information content (AvgIpc) is 2.87. The number of benzene rings is 1. The monoisotopic (exact) mass is 502 g/mol. The van der Waals surface area contributed by atoms with Crippen LogP contribution in [-0.2, 0) is 35.2 Å². The van der Waals surface area contributed by atoms with Crippen molar-refractivity contribution >= 4 is 23.6 Å². The van der Waals surface area contributed by atoms with Crippen LogP contribution < -0.4 is 16.2 Å². The van der Waals surface area contributed by atoms with Crippen LogP contribution in [0.4, 0.5) is 0 Å². The molecular formula is C26H38N4O6. The maximum atomic E-state index is 13.4. The number of rotatable bonds is 12. The van der Waals surface area contributed by atoms with E-state index in [9.17, 15) is 19.2 Å². The molecule has 1 aromatic carbocycles. The largest absolute Gasteiger partial charge is 0.350 e. The van der Waals surface area contributed by atoms with Crippen molar-refractivity contribution in [2.45, 2.75) is 65.1 Å². The van der Waals surface area contributed by atoms with Gasteiger partial charge in [0.15, 0.2) is 6.29 Å². The fourth-order valence-electron chi connectivity index (χ4n) is 4.54. The van der Waals surface area contributed by atoms with Crippen molar-refractivity contribution in [1.29, 1.82) is 0 Å². The number of ether oxygens (including phenoxy) is 1. The van der Waals surface area contributed by atoms with Gasteiger partial charge < -0.3 is 4.74 Å². The molecule has 10 heteroatoms. The summed E-state index contributed by atoms with van der Waals surface area (Å²) >= 11 is 0. The molecule has 10 nitrogen and oxygen atoms in total. The van der Waals surface area contributed by atoms with Crippen LogP contribution in [0.3, 0.4) is 0 Å². The van der Waals surface area contributed by atoms with Crippen LogP contribution in [0.1, 0.15) is 57.9 Å². The van der Waals surface area contributed by atoms with Gasteiger partial charge in [0.2, 0.25) is 11.8 Å². The maximum Gasteiger partial charge on any atom is 0.262 e. The van der Waals surface area contributed by atoms with Crippen LogP contribution in [0.5, 0.6) is 0 Å². The number of carbonyl (C=O) groups excluding carboxylic acids is 4. The maximum absolute atomic E-state index is 13.4. The van der Waals surface area contributed by atoms with E-state index in [1.165, 1.54) is 0 Å². The average molecular weight is 503 g/mol. The van der Waals surface area contributed by atoms with Gasteiger partial charge >= 0.3 is 0 Å². The molecular weight excluding hydrogens is 464 g/mol. The fraction of sp³-hybridized carbons (Fsp3) is 0.615. The summed E-state index contributed by atoms with van der Waals surface area (Å²) in [5.41, 5.74) is 6.16. The Morgan fingerprint density at radius 2 is 1.81 bits per heavy atom. The molecule has 2 heterocycles. The van der Waals surface area contributed by atoms with Crippen molar-refractivity contribution in [3.05, 3.63) is 35.9 Å². The molecule has 2 fully saturated rings. The van der Waals surface area contributed by atoms with Gasteiger partial charge in [-0.3, -0.25) is 29.9 Å². The van der Waals surface area contributed by atoms with Crippen molar-refractivity contribution in [3.8, 4) is 0 Å². The van der Waals surface area contributed by atoms with Crippen molar-refractivity contribution in [3.63, 3.8) is 0 Å². The molecule has 0 bridgehead atoms. The first-order chi connectivity index (χ1) is 17.3. The topological polar surface area (TPSA) is 126 Å². The predicted octanol–water partition coefficient (Wildman–Crippen LogP) is 1.85. The molecule has 1 unspecified atom stereocenters. The van der Waals surface area contributed by atoms with Gasteiger partial charge in [0.05, 0.1) is 24.9 Å². The zero-order valence-electron chi connectivity index (χ0n) is 21.2. The van der Waals surface area contributed by atoms with Crippen LogP contribution in [-0.4, -0.2) is 54.6 Å². The third-order valence-electron chi connectivity index (χ3n) is 6.41. The summed E-state index contributed by atoms with van der Waals surface area (Å²) in [6.45, 7) is 4.42. The molecule has 0 radical (unpaired) electrons. The van der Waals surface area contributed by atoms with E-state index >= 15 is 0 Å². The highest BCUT2D eigenvalue weighted by Gasteiger charge is 2.37. The van der Waals surface area contributed by atoms with E-state index in [0.29, 0.717) is 32.3 Å². The number of imide groups is 1. The van der Waals surface area contributed by atoms with Crippen LogP contribution in [0.2, 0.25) is 0 Å². The molecule has 0 spiro atoms. The lowest BCUT2D eigenvalue weighted by Crippen LogP contribution is -2.60. The molecule has 2 saturated heterocycles. The lowest BCUT2D eigenvalue weighted by Gasteiger charge is -2.31. The Morgan fingerprint density at radius 3 is 2.44 bits per heavy atom. The third kappa shape index (κ3) is 8.39. The van der Waals surface area contributed by atoms with Crippen molar-refractivity contribution < 1.29 is 28.8 Å². The Kier molecular flexibility index (Phi) is 10.8. The smallest absolute Gasteiger partial charge is 0.262 e. The van der Waals surface area contributed by atoms with E-state index < -0.39 is 41.8 Å². The second-order valence-electron chi connectivity index (χ2n) is 9.80. The second-order valence-corrected chi connectivity index (χ2v) is 9.80. The zero-order valence-corrected chi connectivity index (χ0v) is 21.2. The first-order valence-corrected chi connectivity index (χ1v) is 12.8. The highest BCUT2D eigenvalue weighted by atomic mass is 16.8. The minimum Gasteiger partial charge on any atom is -0.350 e. The molecule has 0 saturated carbocycles. The molecule has 0 aromatic heterocycles. The van der Waals surface area contributed by atoms with E-state index in [4.69, 9.17) is 9.57 Å². The van der Waals surface area contributed by atoms with Crippen LogP contribution >= 0.6 is 0 Å².